The molecule has 2 aliphatic heterocycles. The van der Waals surface area contributed by atoms with Gasteiger partial charge in [0.1, 0.15) is 5.75 Å². The molecule has 2 aliphatic rings. The van der Waals surface area contributed by atoms with E-state index >= 15 is 0 Å². The third-order valence-electron chi connectivity index (χ3n) is 5.56. The minimum Gasteiger partial charge on any atom is -0.493 e. The van der Waals surface area contributed by atoms with Crippen molar-refractivity contribution in [3.05, 3.63) is 59.7 Å². The number of carbonyl (C=O) groups excluding carboxylic acids is 4. The van der Waals surface area contributed by atoms with E-state index in [4.69, 9.17) is 4.74 Å². The van der Waals surface area contributed by atoms with Crippen LogP contribution in [0.5, 0.6) is 5.75 Å². The van der Waals surface area contributed by atoms with Crippen LogP contribution in [0.15, 0.2) is 48.5 Å². The number of nitrogens with zero attached hydrogens (tertiary/aromatic N) is 1. The highest BCUT2D eigenvalue weighted by Gasteiger charge is 2.55. The van der Waals surface area contributed by atoms with Gasteiger partial charge in [-0.05, 0) is 30.3 Å². The van der Waals surface area contributed by atoms with Crippen LogP contribution < -0.4 is 15.4 Å². The number of benzene rings is 2. The molecule has 8 nitrogen and oxygen atoms in total. The molecule has 0 aliphatic carbocycles. The summed E-state index contributed by atoms with van der Waals surface area (Å²) in [6, 6.07) is 12.9. The zero-order valence-electron chi connectivity index (χ0n) is 17.3. The molecule has 8 heteroatoms. The van der Waals surface area contributed by atoms with Gasteiger partial charge in [0.05, 0.1) is 13.2 Å². The molecule has 0 unspecified atom stereocenters. The molecule has 2 aromatic rings. The van der Waals surface area contributed by atoms with Crippen LogP contribution in [0, 0.1) is 5.92 Å². The number of rotatable bonds is 5. The Bertz CT molecular complexity index is 1060. The minimum absolute atomic E-state index is 0.125. The van der Waals surface area contributed by atoms with Gasteiger partial charge in [0.25, 0.3) is 5.91 Å². The average molecular weight is 421 g/mol. The predicted molar refractivity (Wildman–Crippen MR) is 113 cm³/mol. The fourth-order valence-electron chi connectivity index (χ4n) is 3.78. The summed E-state index contributed by atoms with van der Waals surface area (Å²) in [5.41, 5.74) is 0.302. The summed E-state index contributed by atoms with van der Waals surface area (Å²) in [4.78, 5) is 51.4. The molecule has 2 N–H and O–H groups in total. The molecule has 1 spiro atoms. The molecule has 4 rings (SSSR count). The van der Waals surface area contributed by atoms with Crippen molar-refractivity contribution in [2.75, 3.05) is 18.5 Å². The molecule has 31 heavy (non-hydrogen) atoms. The maximum atomic E-state index is 13.2. The Kier molecular flexibility index (Phi) is 5.22. The second-order valence-electron chi connectivity index (χ2n) is 7.97. The lowest BCUT2D eigenvalue weighted by atomic mass is 9.84. The summed E-state index contributed by atoms with van der Waals surface area (Å²) in [6.45, 7) is 3.49. The number of nitrogens with one attached hydrogen (secondary N) is 2. The van der Waals surface area contributed by atoms with E-state index in [0.717, 1.165) is 4.90 Å². The summed E-state index contributed by atoms with van der Waals surface area (Å²) in [5.74, 6) is -0.566. The van der Waals surface area contributed by atoms with Gasteiger partial charge in [-0.25, -0.2) is 4.79 Å². The van der Waals surface area contributed by atoms with Crippen molar-refractivity contribution in [1.82, 2.24) is 10.2 Å². The SMILES string of the molecule is CC(C)C(=O)Nc1ccc(C(=O)CN2C(=O)N[C@@]3(CCOc4ccccc43)C2=O)cc1. The zero-order chi connectivity index (χ0) is 22.2. The van der Waals surface area contributed by atoms with E-state index < -0.39 is 17.5 Å². The van der Waals surface area contributed by atoms with Gasteiger partial charge in [0, 0.05) is 29.2 Å². The second-order valence-corrected chi connectivity index (χ2v) is 7.97. The molecule has 4 amide bonds. The van der Waals surface area contributed by atoms with E-state index in [2.05, 4.69) is 10.6 Å². The molecule has 1 saturated heterocycles. The highest BCUT2D eigenvalue weighted by molar-refractivity contribution is 6.11. The monoisotopic (exact) mass is 421 g/mol. The molecule has 0 radical (unpaired) electrons. The van der Waals surface area contributed by atoms with Gasteiger partial charge in [-0.3, -0.25) is 19.3 Å². The van der Waals surface area contributed by atoms with Gasteiger partial charge in [0.15, 0.2) is 11.3 Å². The lowest BCUT2D eigenvalue weighted by molar-refractivity contribution is -0.132. The van der Waals surface area contributed by atoms with E-state index in [1.165, 1.54) is 0 Å². The number of Topliss-reactive ketones (excluding diaryl/α,β-unsaturated/α-hetero) is 1. The zero-order valence-corrected chi connectivity index (χ0v) is 17.3. The van der Waals surface area contributed by atoms with Crippen LogP contribution in [-0.2, 0) is 15.1 Å². The first-order valence-electron chi connectivity index (χ1n) is 10.1. The fourth-order valence-corrected chi connectivity index (χ4v) is 3.78. The molecular formula is C23H23N3O5. The number of fused-ring (bicyclic) bond motifs is 2. The van der Waals surface area contributed by atoms with E-state index in [9.17, 15) is 19.2 Å². The molecule has 160 valence electrons. The van der Waals surface area contributed by atoms with Crippen molar-refractivity contribution >= 4 is 29.3 Å². The van der Waals surface area contributed by atoms with E-state index in [-0.39, 0.29) is 30.8 Å². The molecule has 0 bridgehead atoms. The Hall–Kier alpha value is -3.68. The molecular weight excluding hydrogens is 398 g/mol. The lowest BCUT2D eigenvalue weighted by Crippen LogP contribution is -2.47. The van der Waals surface area contributed by atoms with Crippen LogP contribution in [0.1, 0.15) is 36.2 Å². The predicted octanol–water partition coefficient (Wildman–Crippen LogP) is 2.69. The van der Waals surface area contributed by atoms with Crippen LogP contribution in [0.4, 0.5) is 10.5 Å². The van der Waals surface area contributed by atoms with Gasteiger partial charge in [-0.15, -0.1) is 0 Å². The summed E-state index contributed by atoms with van der Waals surface area (Å²) in [5, 5.41) is 5.53. The molecule has 2 aromatic carbocycles. The van der Waals surface area contributed by atoms with Gasteiger partial charge >= 0.3 is 6.03 Å². The lowest BCUT2D eigenvalue weighted by Gasteiger charge is -2.33. The van der Waals surface area contributed by atoms with Crippen molar-refractivity contribution in [1.29, 1.82) is 0 Å². The smallest absolute Gasteiger partial charge is 0.325 e. The second kappa shape index (κ2) is 7.86. The highest BCUT2D eigenvalue weighted by Crippen LogP contribution is 2.40. The Morgan fingerprint density at radius 1 is 1.13 bits per heavy atom. The molecule has 1 fully saturated rings. The van der Waals surface area contributed by atoms with Crippen molar-refractivity contribution in [3.8, 4) is 5.75 Å². The number of anilines is 1. The standard InChI is InChI=1S/C23H23N3O5/c1-14(2)20(28)24-16-9-7-15(8-10-16)18(27)13-26-21(29)23(25-22(26)30)11-12-31-19-6-4-3-5-17(19)23/h3-10,14H,11-13H2,1-2H3,(H,24,28)(H,25,30)/t23-/m1/s1. The van der Waals surface area contributed by atoms with Gasteiger partial charge in [0.2, 0.25) is 5.91 Å². The van der Waals surface area contributed by atoms with E-state index in [1.807, 2.05) is 0 Å². The number of imide groups is 1. The Labute approximate surface area is 179 Å². The van der Waals surface area contributed by atoms with Gasteiger partial charge in [-0.2, -0.15) is 0 Å². The largest absolute Gasteiger partial charge is 0.493 e. The Balaban J connectivity index is 1.50. The van der Waals surface area contributed by atoms with E-state index in [1.54, 1.807) is 62.4 Å². The first-order chi connectivity index (χ1) is 14.8. The molecule has 0 aromatic heterocycles. The number of hydrogen-bond donors (Lipinski definition) is 2. The fraction of sp³-hybridized carbons (Fsp3) is 0.304. The summed E-state index contributed by atoms with van der Waals surface area (Å²) in [7, 11) is 0. The number of ether oxygens (including phenoxy) is 1. The van der Waals surface area contributed by atoms with Crippen LogP contribution in [0.25, 0.3) is 0 Å². The molecule has 1 atom stereocenters. The van der Waals surface area contributed by atoms with Crippen LogP contribution in [0.3, 0.4) is 0 Å². The van der Waals surface area contributed by atoms with Crippen molar-refractivity contribution in [3.63, 3.8) is 0 Å². The number of carbonyl (C=O) groups is 4. The number of urea groups is 1. The first kappa shape index (κ1) is 20.6. The van der Waals surface area contributed by atoms with Gasteiger partial charge in [-0.1, -0.05) is 32.0 Å². The Morgan fingerprint density at radius 3 is 2.55 bits per heavy atom. The summed E-state index contributed by atoms with van der Waals surface area (Å²) in [6.07, 6.45) is 0.295. The third kappa shape index (κ3) is 3.65. The van der Waals surface area contributed by atoms with Crippen molar-refractivity contribution in [2.24, 2.45) is 5.92 Å². The quantitative estimate of drug-likeness (QED) is 0.571. The van der Waals surface area contributed by atoms with Crippen LogP contribution >= 0.6 is 0 Å². The van der Waals surface area contributed by atoms with Crippen molar-refractivity contribution in [2.45, 2.75) is 25.8 Å². The summed E-state index contributed by atoms with van der Waals surface area (Å²) >= 11 is 0. The minimum atomic E-state index is -1.21. The first-order valence-corrected chi connectivity index (χ1v) is 10.1. The van der Waals surface area contributed by atoms with E-state index in [0.29, 0.717) is 29.0 Å². The number of hydrogen-bond acceptors (Lipinski definition) is 5. The number of para-hydroxylation sites is 1. The average Bonchev–Trinajstić information content (AvgIpc) is 2.99. The van der Waals surface area contributed by atoms with Gasteiger partial charge < -0.3 is 15.4 Å². The maximum Gasteiger partial charge on any atom is 0.325 e. The highest BCUT2D eigenvalue weighted by atomic mass is 16.5. The molecule has 2 heterocycles. The maximum absolute atomic E-state index is 13.2. The number of amides is 4. The third-order valence-corrected chi connectivity index (χ3v) is 5.56. The topological polar surface area (TPSA) is 105 Å². The van der Waals surface area contributed by atoms with Crippen LogP contribution in [0.2, 0.25) is 0 Å². The number of ketones is 1. The Morgan fingerprint density at radius 2 is 1.84 bits per heavy atom. The normalized spacial score (nSPS) is 19.8. The van der Waals surface area contributed by atoms with Crippen molar-refractivity contribution < 1.29 is 23.9 Å². The summed E-state index contributed by atoms with van der Waals surface area (Å²) < 4.78 is 5.61. The van der Waals surface area contributed by atoms with Crippen LogP contribution in [-0.4, -0.2) is 41.7 Å². The molecule has 0 saturated carbocycles.